The zero-order valence-electron chi connectivity index (χ0n) is 9.25. The van der Waals surface area contributed by atoms with Gasteiger partial charge in [-0.1, -0.05) is 0 Å². The molecule has 0 spiro atoms. The lowest BCUT2D eigenvalue weighted by Crippen LogP contribution is -2.13. The Bertz CT molecular complexity index is 399. The van der Waals surface area contributed by atoms with Gasteiger partial charge in [0, 0.05) is 0 Å². The maximum atomic E-state index is 12.7. The van der Waals surface area contributed by atoms with Crippen LogP contribution in [0.2, 0.25) is 0 Å². The fraction of sp³-hybridized carbons (Fsp3) is 0.364. The van der Waals surface area contributed by atoms with Gasteiger partial charge in [-0.25, -0.2) is 0 Å². The highest BCUT2D eigenvalue weighted by Crippen LogP contribution is 2.38. The number of carbonyl (C=O) groups excluding carboxylic acids is 1. The van der Waals surface area contributed by atoms with Gasteiger partial charge in [-0.2, -0.15) is 13.2 Å². The van der Waals surface area contributed by atoms with Crippen LogP contribution in [-0.2, 0) is 11.0 Å². The van der Waals surface area contributed by atoms with Crippen molar-refractivity contribution in [2.24, 2.45) is 0 Å². The van der Waals surface area contributed by atoms with E-state index in [2.05, 4.69) is 4.74 Å². The fourth-order valence-corrected chi connectivity index (χ4v) is 1.22. The standard InChI is InChI=1S/C11H11F3O3/c1-7(2)17-10-4-3-8(16-6-15)5-9(10)11(12,13)14/h3-7H,1-2H3. The molecule has 0 saturated heterocycles. The lowest BCUT2D eigenvalue weighted by Gasteiger charge is -2.16. The SMILES string of the molecule is CC(C)Oc1ccc(OC=O)cc1C(F)(F)F. The highest BCUT2D eigenvalue weighted by atomic mass is 19.4. The molecule has 0 aliphatic rings. The van der Waals surface area contributed by atoms with Crippen molar-refractivity contribution in [1.29, 1.82) is 0 Å². The summed E-state index contributed by atoms with van der Waals surface area (Å²) in [6, 6.07) is 3.09. The highest BCUT2D eigenvalue weighted by Gasteiger charge is 2.35. The third-order valence-corrected chi connectivity index (χ3v) is 1.80. The molecule has 94 valence electrons. The van der Waals surface area contributed by atoms with Crippen molar-refractivity contribution >= 4 is 6.47 Å². The first-order valence-electron chi connectivity index (χ1n) is 4.83. The van der Waals surface area contributed by atoms with E-state index in [1.165, 1.54) is 6.07 Å². The van der Waals surface area contributed by atoms with Crippen LogP contribution in [0, 0.1) is 0 Å². The van der Waals surface area contributed by atoms with Crippen molar-refractivity contribution in [2.75, 3.05) is 0 Å². The molecule has 0 radical (unpaired) electrons. The summed E-state index contributed by atoms with van der Waals surface area (Å²) in [7, 11) is 0. The minimum atomic E-state index is -4.56. The first-order valence-corrected chi connectivity index (χ1v) is 4.83. The predicted octanol–water partition coefficient (Wildman–Crippen LogP) is 3.03. The molecule has 0 aromatic heterocycles. The Balaban J connectivity index is 3.16. The summed E-state index contributed by atoms with van der Waals surface area (Å²) in [5.41, 5.74) is -0.967. The molecule has 0 aliphatic heterocycles. The van der Waals surface area contributed by atoms with Gasteiger partial charge in [0.1, 0.15) is 17.1 Å². The van der Waals surface area contributed by atoms with Crippen molar-refractivity contribution in [2.45, 2.75) is 26.1 Å². The smallest absolute Gasteiger partial charge is 0.420 e. The zero-order chi connectivity index (χ0) is 13.1. The molecule has 1 aromatic rings. The van der Waals surface area contributed by atoms with Crippen LogP contribution in [0.5, 0.6) is 11.5 Å². The monoisotopic (exact) mass is 248 g/mol. The van der Waals surface area contributed by atoms with E-state index in [1.54, 1.807) is 13.8 Å². The predicted molar refractivity (Wildman–Crippen MR) is 53.9 cm³/mol. The van der Waals surface area contributed by atoms with Gasteiger partial charge in [0.25, 0.3) is 6.47 Å². The van der Waals surface area contributed by atoms with Crippen molar-refractivity contribution in [1.82, 2.24) is 0 Å². The van der Waals surface area contributed by atoms with Gasteiger partial charge < -0.3 is 9.47 Å². The Morgan fingerprint density at radius 1 is 1.29 bits per heavy atom. The molecule has 0 atom stereocenters. The first-order chi connectivity index (χ1) is 7.84. The molecule has 0 amide bonds. The van der Waals surface area contributed by atoms with Crippen molar-refractivity contribution in [3.05, 3.63) is 23.8 Å². The summed E-state index contributed by atoms with van der Waals surface area (Å²) in [5, 5.41) is 0. The Labute approximate surface area is 96.1 Å². The number of benzene rings is 1. The second-order valence-corrected chi connectivity index (χ2v) is 3.54. The molecular formula is C11H11F3O3. The van der Waals surface area contributed by atoms with E-state index in [4.69, 9.17) is 4.74 Å². The van der Waals surface area contributed by atoms with Crippen LogP contribution in [0.4, 0.5) is 13.2 Å². The molecule has 1 aromatic carbocycles. The van der Waals surface area contributed by atoms with E-state index in [1.807, 2.05) is 0 Å². The van der Waals surface area contributed by atoms with E-state index < -0.39 is 11.7 Å². The Hall–Kier alpha value is -1.72. The lowest BCUT2D eigenvalue weighted by molar-refractivity contribution is -0.139. The third-order valence-electron chi connectivity index (χ3n) is 1.80. The number of hydrogen-bond donors (Lipinski definition) is 0. The Morgan fingerprint density at radius 3 is 2.41 bits per heavy atom. The summed E-state index contributed by atoms with van der Waals surface area (Å²) < 4.78 is 47.5. The second kappa shape index (κ2) is 5.07. The highest BCUT2D eigenvalue weighted by molar-refractivity contribution is 5.49. The molecule has 0 aliphatic carbocycles. The number of hydrogen-bond acceptors (Lipinski definition) is 3. The maximum absolute atomic E-state index is 12.7. The van der Waals surface area contributed by atoms with E-state index in [0.29, 0.717) is 0 Å². The van der Waals surface area contributed by atoms with Gasteiger partial charge >= 0.3 is 6.18 Å². The molecule has 0 fully saturated rings. The maximum Gasteiger partial charge on any atom is 0.420 e. The number of halogens is 3. The van der Waals surface area contributed by atoms with Crippen molar-refractivity contribution in [3.63, 3.8) is 0 Å². The summed E-state index contributed by atoms with van der Waals surface area (Å²) in [4.78, 5) is 10.1. The normalized spacial score (nSPS) is 11.4. The molecule has 17 heavy (non-hydrogen) atoms. The molecule has 3 nitrogen and oxygen atoms in total. The zero-order valence-corrected chi connectivity index (χ0v) is 9.25. The summed E-state index contributed by atoms with van der Waals surface area (Å²) in [6.45, 7) is 3.31. The summed E-state index contributed by atoms with van der Waals surface area (Å²) in [5.74, 6) is -0.464. The van der Waals surface area contributed by atoms with Crippen LogP contribution >= 0.6 is 0 Å². The molecular weight excluding hydrogens is 237 g/mol. The van der Waals surface area contributed by atoms with Crippen molar-refractivity contribution < 1.29 is 27.4 Å². The van der Waals surface area contributed by atoms with Gasteiger partial charge in [0.05, 0.1) is 6.10 Å². The topological polar surface area (TPSA) is 35.5 Å². The lowest BCUT2D eigenvalue weighted by atomic mass is 10.2. The number of rotatable bonds is 4. The van der Waals surface area contributed by atoms with Crippen molar-refractivity contribution in [3.8, 4) is 11.5 Å². The second-order valence-electron chi connectivity index (χ2n) is 3.54. The van der Waals surface area contributed by atoms with Gasteiger partial charge in [0.15, 0.2) is 0 Å². The third kappa shape index (κ3) is 3.65. The van der Waals surface area contributed by atoms with Crippen LogP contribution in [0.15, 0.2) is 18.2 Å². The van der Waals surface area contributed by atoms with E-state index in [-0.39, 0.29) is 24.1 Å². The minimum Gasteiger partial charge on any atom is -0.490 e. The van der Waals surface area contributed by atoms with Crippen LogP contribution in [0.1, 0.15) is 19.4 Å². The van der Waals surface area contributed by atoms with Gasteiger partial charge in [-0.15, -0.1) is 0 Å². The largest absolute Gasteiger partial charge is 0.490 e. The molecule has 0 unspecified atom stereocenters. The van der Waals surface area contributed by atoms with E-state index in [9.17, 15) is 18.0 Å². The van der Waals surface area contributed by atoms with Gasteiger partial charge in [-0.05, 0) is 32.0 Å². The molecule has 6 heteroatoms. The van der Waals surface area contributed by atoms with Crippen LogP contribution in [0.25, 0.3) is 0 Å². The summed E-state index contributed by atoms with van der Waals surface area (Å²) >= 11 is 0. The molecule has 0 bridgehead atoms. The number of alkyl halides is 3. The van der Waals surface area contributed by atoms with Crippen LogP contribution in [-0.4, -0.2) is 12.6 Å². The molecule has 0 N–H and O–H groups in total. The van der Waals surface area contributed by atoms with E-state index >= 15 is 0 Å². The molecule has 0 heterocycles. The van der Waals surface area contributed by atoms with Gasteiger partial charge in [-0.3, -0.25) is 4.79 Å². The fourth-order valence-electron chi connectivity index (χ4n) is 1.22. The average molecular weight is 248 g/mol. The van der Waals surface area contributed by atoms with E-state index in [0.717, 1.165) is 12.1 Å². The Morgan fingerprint density at radius 2 is 1.94 bits per heavy atom. The quantitative estimate of drug-likeness (QED) is 0.768. The minimum absolute atomic E-state index is 0.0679. The summed E-state index contributed by atoms with van der Waals surface area (Å²) in [6.07, 6.45) is -4.94. The van der Waals surface area contributed by atoms with Crippen LogP contribution in [0.3, 0.4) is 0 Å². The number of ether oxygens (including phenoxy) is 2. The van der Waals surface area contributed by atoms with Crippen LogP contribution < -0.4 is 9.47 Å². The molecule has 1 rings (SSSR count). The Kier molecular flexibility index (Phi) is 3.98. The van der Waals surface area contributed by atoms with Gasteiger partial charge in [0.2, 0.25) is 0 Å². The molecule has 0 saturated carbocycles. The first kappa shape index (κ1) is 13.3. The number of carbonyl (C=O) groups is 1. The average Bonchev–Trinajstić information content (AvgIpc) is 2.18.